The van der Waals surface area contributed by atoms with Gasteiger partial charge in [-0.05, 0) is 31.3 Å². The highest BCUT2D eigenvalue weighted by molar-refractivity contribution is 5.92. The monoisotopic (exact) mass is 310 g/mol. The lowest BCUT2D eigenvalue weighted by atomic mass is 10.0. The fourth-order valence-corrected chi connectivity index (χ4v) is 1.92. The van der Waals surface area contributed by atoms with Crippen LogP contribution in [0.1, 0.15) is 65.7 Å². The average Bonchev–Trinajstić information content (AvgIpc) is 2.53. The van der Waals surface area contributed by atoms with E-state index >= 15 is 0 Å². The first-order chi connectivity index (χ1) is 10.6. The minimum absolute atomic E-state index is 0.0244. The average molecular weight is 310 g/mol. The van der Waals surface area contributed by atoms with Crippen molar-refractivity contribution in [1.82, 2.24) is 0 Å². The van der Waals surface area contributed by atoms with Crippen molar-refractivity contribution in [3.8, 4) is 0 Å². The van der Waals surface area contributed by atoms with Gasteiger partial charge in [0.2, 0.25) is 5.76 Å². The fourth-order valence-electron chi connectivity index (χ4n) is 1.92. The summed E-state index contributed by atoms with van der Waals surface area (Å²) in [7, 11) is 0. The summed E-state index contributed by atoms with van der Waals surface area (Å²) in [5.74, 6) is -0.876. The number of allylic oxidation sites excluding steroid dienone is 1. The van der Waals surface area contributed by atoms with Crippen LogP contribution in [-0.2, 0) is 19.1 Å². The predicted octanol–water partition coefficient (Wildman–Crippen LogP) is 4.55. The molecule has 0 rings (SSSR count). The standard InChI is InChI=1S/C18H30O4/c1-5-9-11-13-16(22-17(19)8-4)18(20)21-14-15(7-3)12-10-6-2/h8,13,15H,4-7,9-12,14H2,1-3H3/b16-13+. The summed E-state index contributed by atoms with van der Waals surface area (Å²) in [5, 5.41) is 0. The van der Waals surface area contributed by atoms with Crippen LogP contribution in [0, 0.1) is 5.92 Å². The predicted molar refractivity (Wildman–Crippen MR) is 88.2 cm³/mol. The Morgan fingerprint density at radius 1 is 1.14 bits per heavy atom. The summed E-state index contributed by atoms with van der Waals surface area (Å²) in [6.07, 6.45) is 9.54. The van der Waals surface area contributed by atoms with Gasteiger partial charge < -0.3 is 9.47 Å². The molecule has 0 bridgehead atoms. The lowest BCUT2D eigenvalue weighted by Crippen LogP contribution is -2.18. The first-order valence-electron chi connectivity index (χ1n) is 8.30. The Morgan fingerprint density at radius 2 is 1.82 bits per heavy atom. The summed E-state index contributed by atoms with van der Waals surface area (Å²) in [6.45, 7) is 9.99. The van der Waals surface area contributed by atoms with Crippen LogP contribution in [0.3, 0.4) is 0 Å². The van der Waals surface area contributed by atoms with Gasteiger partial charge in [-0.15, -0.1) is 0 Å². The van der Waals surface area contributed by atoms with Crippen molar-refractivity contribution in [1.29, 1.82) is 0 Å². The van der Waals surface area contributed by atoms with Crippen molar-refractivity contribution in [3.05, 3.63) is 24.5 Å². The molecule has 0 fully saturated rings. The van der Waals surface area contributed by atoms with Gasteiger partial charge in [0.05, 0.1) is 6.61 Å². The topological polar surface area (TPSA) is 52.6 Å². The van der Waals surface area contributed by atoms with E-state index in [4.69, 9.17) is 9.47 Å². The zero-order valence-corrected chi connectivity index (χ0v) is 14.2. The third-order valence-corrected chi connectivity index (χ3v) is 3.46. The van der Waals surface area contributed by atoms with Gasteiger partial charge in [-0.3, -0.25) is 0 Å². The highest BCUT2D eigenvalue weighted by atomic mass is 16.6. The molecule has 0 radical (unpaired) electrons. The molecule has 0 heterocycles. The van der Waals surface area contributed by atoms with Crippen molar-refractivity contribution in [2.75, 3.05) is 6.61 Å². The van der Waals surface area contributed by atoms with E-state index in [1.165, 1.54) is 0 Å². The number of rotatable bonds is 12. The Labute approximate surface area is 134 Å². The molecule has 0 N–H and O–H groups in total. The number of carbonyl (C=O) groups is 2. The normalized spacial score (nSPS) is 12.6. The molecule has 1 atom stereocenters. The minimum Gasteiger partial charge on any atom is -0.460 e. The SMILES string of the molecule is C=CC(=O)O/C(=C/CCCC)C(=O)OCC(CC)CCCC. The Kier molecular flexibility index (Phi) is 12.2. The van der Waals surface area contributed by atoms with Crippen LogP contribution in [-0.4, -0.2) is 18.5 Å². The molecule has 0 saturated heterocycles. The molecule has 22 heavy (non-hydrogen) atoms. The molecule has 0 aliphatic rings. The quantitative estimate of drug-likeness (QED) is 0.230. The van der Waals surface area contributed by atoms with E-state index in [1.54, 1.807) is 6.08 Å². The number of hydrogen-bond donors (Lipinski definition) is 0. The van der Waals surface area contributed by atoms with Crippen LogP contribution in [0.15, 0.2) is 24.5 Å². The molecule has 126 valence electrons. The van der Waals surface area contributed by atoms with Crippen molar-refractivity contribution >= 4 is 11.9 Å². The molecular weight excluding hydrogens is 280 g/mol. The highest BCUT2D eigenvalue weighted by Crippen LogP contribution is 2.14. The molecule has 0 aromatic heterocycles. The van der Waals surface area contributed by atoms with Crippen molar-refractivity contribution in [3.63, 3.8) is 0 Å². The van der Waals surface area contributed by atoms with Crippen molar-refractivity contribution in [2.24, 2.45) is 5.92 Å². The van der Waals surface area contributed by atoms with Gasteiger partial charge >= 0.3 is 11.9 Å². The Hall–Kier alpha value is -1.58. The summed E-state index contributed by atoms with van der Waals surface area (Å²) in [4.78, 5) is 23.4. The molecule has 0 aliphatic carbocycles. The molecular formula is C18H30O4. The van der Waals surface area contributed by atoms with E-state index in [2.05, 4.69) is 27.4 Å². The Morgan fingerprint density at radius 3 is 2.36 bits per heavy atom. The van der Waals surface area contributed by atoms with Gasteiger partial charge in [0.15, 0.2) is 0 Å². The highest BCUT2D eigenvalue weighted by Gasteiger charge is 2.17. The summed E-state index contributed by atoms with van der Waals surface area (Å²) >= 11 is 0. The number of hydrogen-bond acceptors (Lipinski definition) is 4. The molecule has 0 spiro atoms. The van der Waals surface area contributed by atoms with E-state index < -0.39 is 11.9 Å². The lowest BCUT2D eigenvalue weighted by molar-refractivity contribution is -0.150. The lowest BCUT2D eigenvalue weighted by Gasteiger charge is -2.15. The summed E-state index contributed by atoms with van der Waals surface area (Å²) in [5.41, 5.74) is 0. The largest absolute Gasteiger partial charge is 0.460 e. The maximum Gasteiger partial charge on any atom is 0.374 e. The van der Waals surface area contributed by atoms with E-state index in [1.807, 2.05) is 0 Å². The molecule has 0 amide bonds. The van der Waals surface area contributed by atoms with Crippen LogP contribution < -0.4 is 0 Å². The van der Waals surface area contributed by atoms with Gasteiger partial charge in [0.25, 0.3) is 0 Å². The summed E-state index contributed by atoms with van der Waals surface area (Å²) < 4.78 is 10.3. The van der Waals surface area contributed by atoms with Gasteiger partial charge in [-0.1, -0.05) is 53.0 Å². The minimum atomic E-state index is -0.641. The van der Waals surface area contributed by atoms with Crippen LogP contribution >= 0.6 is 0 Å². The number of ether oxygens (including phenoxy) is 2. The number of carbonyl (C=O) groups excluding carboxylic acids is 2. The van der Waals surface area contributed by atoms with Gasteiger partial charge in [0.1, 0.15) is 0 Å². The van der Waals surface area contributed by atoms with Crippen LogP contribution in [0.25, 0.3) is 0 Å². The third kappa shape index (κ3) is 9.37. The molecule has 0 aromatic rings. The van der Waals surface area contributed by atoms with Crippen LogP contribution in [0.5, 0.6) is 0 Å². The van der Waals surface area contributed by atoms with E-state index in [0.29, 0.717) is 18.9 Å². The maximum atomic E-state index is 12.1. The molecule has 1 unspecified atom stereocenters. The molecule has 4 nitrogen and oxygen atoms in total. The van der Waals surface area contributed by atoms with Crippen LogP contribution in [0.4, 0.5) is 0 Å². The van der Waals surface area contributed by atoms with Crippen LogP contribution in [0.2, 0.25) is 0 Å². The van der Waals surface area contributed by atoms with Crippen molar-refractivity contribution < 1.29 is 19.1 Å². The second kappa shape index (κ2) is 13.1. The second-order valence-electron chi connectivity index (χ2n) is 5.35. The molecule has 0 saturated carbocycles. The molecule has 0 aromatic carbocycles. The first kappa shape index (κ1) is 20.4. The zero-order chi connectivity index (χ0) is 16.8. The van der Waals surface area contributed by atoms with E-state index in [9.17, 15) is 9.59 Å². The Bertz CT molecular complexity index is 371. The number of esters is 2. The zero-order valence-electron chi connectivity index (χ0n) is 14.2. The fraction of sp³-hybridized carbons (Fsp3) is 0.667. The number of unbranched alkanes of at least 4 members (excludes halogenated alkanes) is 3. The molecule has 4 heteroatoms. The van der Waals surface area contributed by atoms with E-state index in [0.717, 1.165) is 44.6 Å². The van der Waals surface area contributed by atoms with Crippen molar-refractivity contribution in [2.45, 2.75) is 65.7 Å². The smallest absolute Gasteiger partial charge is 0.374 e. The third-order valence-electron chi connectivity index (χ3n) is 3.46. The summed E-state index contributed by atoms with van der Waals surface area (Å²) in [6, 6.07) is 0. The second-order valence-corrected chi connectivity index (χ2v) is 5.35. The van der Waals surface area contributed by atoms with Gasteiger partial charge in [-0.25, -0.2) is 9.59 Å². The molecule has 0 aliphatic heterocycles. The maximum absolute atomic E-state index is 12.1. The van der Waals surface area contributed by atoms with E-state index in [-0.39, 0.29) is 5.76 Å². The Balaban J connectivity index is 4.56. The first-order valence-corrected chi connectivity index (χ1v) is 8.30. The van der Waals surface area contributed by atoms with Gasteiger partial charge in [-0.2, -0.15) is 0 Å². The van der Waals surface area contributed by atoms with Gasteiger partial charge in [0, 0.05) is 6.08 Å².